The third-order valence-corrected chi connectivity index (χ3v) is 2.92. The van der Waals surface area contributed by atoms with Gasteiger partial charge in [-0.25, -0.2) is 9.48 Å². The van der Waals surface area contributed by atoms with Gasteiger partial charge < -0.3 is 5.11 Å². The third-order valence-electron chi connectivity index (χ3n) is 2.51. The number of halogens is 1. The Balaban J connectivity index is 2.69. The number of carboxylic acid groups (broad SMARTS) is 1. The Labute approximate surface area is 103 Å². The largest absolute Gasteiger partial charge is 0.476 e. The summed E-state index contributed by atoms with van der Waals surface area (Å²) in [6, 6.07) is 5.24. The number of carboxylic acids is 1. The first-order valence-corrected chi connectivity index (χ1v) is 5.31. The van der Waals surface area contributed by atoms with Crippen LogP contribution >= 0.6 is 11.6 Å². The molecule has 0 atom stereocenters. The van der Waals surface area contributed by atoms with E-state index in [1.54, 1.807) is 32.0 Å². The second-order valence-electron chi connectivity index (χ2n) is 3.62. The maximum atomic E-state index is 11.1. The Kier molecular flexibility index (Phi) is 2.85. The van der Waals surface area contributed by atoms with Crippen molar-refractivity contribution in [1.29, 1.82) is 0 Å². The first-order valence-electron chi connectivity index (χ1n) is 4.93. The summed E-state index contributed by atoms with van der Waals surface area (Å²) in [5, 5.41) is 17.3. The Hall–Kier alpha value is -1.88. The molecule has 0 amide bonds. The fourth-order valence-corrected chi connectivity index (χ4v) is 1.77. The zero-order valence-corrected chi connectivity index (χ0v) is 10.1. The van der Waals surface area contributed by atoms with Gasteiger partial charge in [0.25, 0.3) is 0 Å². The van der Waals surface area contributed by atoms with Gasteiger partial charge in [-0.15, -0.1) is 5.10 Å². The van der Waals surface area contributed by atoms with Crippen molar-refractivity contribution < 1.29 is 9.90 Å². The molecule has 0 fully saturated rings. The number of nitrogens with zero attached hydrogens (tertiary/aromatic N) is 3. The number of benzene rings is 1. The highest BCUT2D eigenvalue weighted by Crippen LogP contribution is 2.23. The van der Waals surface area contributed by atoms with Crippen LogP contribution in [0.2, 0.25) is 5.02 Å². The Morgan fingerprint density at radius 3 is 2.76 bits per heavy atom. The normalized spacial score (nSPS) is 10.5. The minimum Gasteiger partial charge on any atom is -0.476 e. The van der Waals surface area contributed by atoms with Gasteiger partial charge in [0.2, 0.25) is 0 Å². The van der Waals surface area contributed by atoms with Gasteiger partial charge in [0.05, 0.1) is 11.4 Å². The molecule has 0 bridgehead atoms. The zero-order valence-electron chi connectivity index (χ0n) is 9.31. The van der Waals surface area contributed by atoms with Crippen LogP contribution in [0.3, 0.4) is 0 Å². The van der Waals surface area contributed by atoms with E-state index in [-0.39, 0.29) is 5.69 Å². The highest BCUT2D eigenvalue weighted by atomic mass is 35.5. The molecule has 2 aromatic rings. The second-order valence-corrected chi connectivity index (χ2v) is 4.03. The summed E-state index contributed by atoms with van der Waals surface area (Å²) >= 11 is 5.99. The SMILES string of the molecule is Cc1nnn(-c2cccc(Cl)c2C)c1C(=O)O. The molecule has 88 valence electrons. The molecule has 0 aliphatic rings. The lowest BCUT2D eigenvalue weighted by molar-refractivity contribution is 0.0686. The van der Waals surface area contributed by atoms with Gasteiger partial charge in [-0.1, -0.05) is 22.9 Å². The lowest BCUT2D eigenvalue weighted by Crippen LogP contribution is -2.10. The van der Waals surface area contributed by atoms with Crippen LogP contribution in [-0.2, 0) is 0 Å². The smallest absolute Gasteiger partial charge is 0.356 e. The van der Waals surface area contributed by atoms with Crippen LogP contribution in [-0.4, -0.2) is 26.1 Å². The quantitative estimate of drug-likeness (QED) is 0.889. The lowest BCUT2D eigenvalue weighted by Gasteiger charge is -2.08. The summed E-state index contributed by atoms with van der Waals surface area (Å²) in [5.74, 6) is -1.06. The Morgan fingerprint density at radius 2 is 2.12 bits per heavy atom. The van der Waals surface area contributed by atoms with Crippen molar-refractivity contribution >= 4 is 17.6 Å². The van der Waals surface area contributed by atoms with Crippen LogP contribution in [0, 0.1) is 13.8 Å². The van der Waals surface area contributed by atoms with Crippen LogP contribution in [0.15, 0.2) is 18.2 Å². The molecule has 2 rings (SSSR count). The molecule has 0 spiro atoms. The van der Waals surface area contributed by atoms with E-state index in [9.17, 15) is 4.79 Å². The van der Waals surface area contributed by atoms with Gasteiger partial charge in [0.1, 0.15) is 0 Å². The van der Waals surface area contributed by atoms with Crippen LogP contribution < -0.4 is 0 Å². The average molecular weight is 252 g/mol. The average Bonchev–Trinajstić information content (AvgIpc) is 2.64. The summed E-state index contributed by atoms with van der Waals surface area (Å²) in [6.07, 6.45) is 0. The minimum absolute atomic E-state index is 0.0513. The standard InChI is InChI=1S/C11H10ClN3O2/c1-6-8(12)4-3-5-9(6)15-10(11(16)17)7(2)13-14-15/h3-5H,1-2H3,(H,16,17). The number of hydrogen-bond acceptors (Lipinski definition) is 3. The van der Waals surface area contributed by atoms with Crippen molar-refractivity contribution in [3.63, 3.8) is 0 Å². The van der Waals surface area contributed by atoms with E-state index in [2.05, 4.69) is 10.3 Å². The highest BCUT2D eigenvalue weighted by Gasteiger charge is 2.19. The monoisotopic (exact) mass is 251 g/mol. The maximum Gasteiger partial charge on any atom is 0.356 e. The molecule has 0 aliphatic heterocycles. The molecular weight excluding hydrogens is 242 g/mol. The predicted octanol–water partition coefficient (Wildman–Crippen LogP) is 2.24. The lowest BCUT2D eigenvalue weighted by atomic mass is 10.2. The van der Waals surface area contributed by atoms with E-state index in [1.165, 1.54) is 4.68 Å². The Morgan fingerprint density at radius 1 is 1.41 bits per heavy atom. The number of hydrogen-bond donors (Lipinski definition) is 1. The first kappa shape index (κ1) is 11.6. The van der Waals surface area contributed by atoms with Crippen molar-refractivity contribution in [1.82, 2.24) is 15.0 Å². The molecule has 1 N–H and O–H groups in total. The van der Waals surface area contributed by atoms with E-state index < -0.39 is 5.97 Å². The molecule has 17 heavy (non-hydrogen) atoms. The van der Waals surface area contributed by atoms with Crippen molar-refractivity contribution in [3.8, 4) is 5.69 Å². The summed E-state index contributed by atoms with van der Waals surface area (Å²) in [6.45, 7) is 3.41. The van der Waals surface area contributed by atoms with Crippen molar-refractivity contribution in [2.75, 3.05) is 0 Å². The molecule has 0 unspecified atom stereocenters. The minimum atomic E-state index is -1.06. The Bertz CT molecular complexity index is 592. The van der Waals surface area contributed by atoms with Gasteiger partial charge in [-0.3, -0.25) is 0 Å². The van der Waals surface area contributed by atoms with Crippen molar-refractivity contribution in [2.45, 2.75) is 13.8 Å². The molecule has 0 saturated heterocycles. The number of aromatic nitrogens is 3. The van der Waals surface area contributed by atoms with Crippen LogP contribution in [0.4, 0.5) is 0 Å². The molecule has 0 radical (unpaired) electrons. The molecule has 0 saturated carbocycles. The number of aryl methyl sites for hydroxylation is 1. The first-order chi connectivity index (χ1) is 8.02. The number of aromatic carboxylic acids is 1. The van der Waals surface area contributed by atoms with Crippen molar-refractivity contribution in [3.05, 3.63) is 40.2 Å². The molecule has 1 aromatic heterocycles. The van der Waals surface area contributed by atoms with Crippen LogP contribution in [0.5, 0.6) is 0 Å². The van der Waals surface area contributed by atoms with Gasteiger partial charge >= 0.3 is 5.97 Å². The maximum absolute atomic E-state index is 11.1. The molecule has 1 aromatic carbocycles. The van der Waals surface area contributed by atoms with Gasteiger partial charge in [0.15, 0.2) is 5.69 Å². The highest BCUT2D eigenvalue weighted by molar-refractivity contribution is 6.31. The van der Waals surface area contributed by atoms with E-state index >= 15 is 0 Å². The van der Waals surface area contributed by atoms with Gasteiger partial charge in [-0.05, 0) is 31.5 Å². The molecule has 1 heterocycles. The topological polar surface area (TPSA) is 68.0 Å². The number of rotatable bonds is 2. The van der Waals surface area contributed by atoms with Gasteiger partial charge in [-0.2, -0.15) is 0 Å². The summed E-state index contributed by atoms with van der Waals surface area (Å²) in [4.78, 5) is 11.1. The molecule has 0 aliphatic carbocycles. The molecule has 5 nitrogen and oxygen atoms in total. The third kappa shape index (κ3) is 1.89. The van der Waals surface area contributed by atoms with Crippen LogP contribution in [0.25, 0.3) is 5.69 Å². The fourth-order valence-electron chi connectivity index (χ4n) is 1.60. The summed E-state index contributed by atoms with van der Waals surface area (Å²) < 4.78 is 1.29. The summed E-state index contributed by atoms with van der Waals surface area (Å²) in [7, 11) is 0. The van der Waals surface area contributed by atoms with E-state index in [4.69, 9.17) is 16.7 Å². The van der Waals surface area contributed by atoms with E-state index in [0.717, 1.165) is 5.56 Å². The van der Waals surface area contributed by atoms with Gasteiger partial charge in [0, 0.05) is 5.02 Å². The van der Waals surface area contributed by atoms with Crippen LogP contribution in [0.1, 0.15) is 21.7 Å². The molecule has 6 heteroatoms. The zero-order chi connectivity index (χ0) is 12.6. The van der Waals surface area contributed by atoms with Crippen molar-refractivity contribution in [2.24, 2.45) is 0 Å². The van der Waals surface area contributed by atoms with E-state index in [0.29, 0.717) is 16.4 Å². The van der Waals surface area contributed by atoms with E-state index in [1.807, 2.05) is 0 Å². The second kappa shape index (κ2) is 4.18. The number of carbonyl (C=O) groups is 1. The predicted molar refractivity (Wildman–Crippen MR) is 62.8 cm³/mol. The summed E-state index contributed by atoms with van der Waals surface area (Å²) in [5.41, 5.74) is 1.81. The fraction of sp³-hybridized carbons (Fsp3) is 0.182. The molecular formula is C11H10ClN3O2.